The first-order valence-electron chi connectivity index (χ1n) is 2.58. The number of hydrogen-bond acceptors (Lipinski definition) is 3. The second-order valence-corrected chi connectivity index (χ2v) is 1.58. The minimum Gasteiger partial charge on any atom is -0.372 e. The van der Waals surface area contributed by atoms with Crippen LogP contribution in [0, 0.1) is 6.92 Å². The third-order valence-electron chi connectivity index (χ3n) is 0.909. The first-order chi connectivity index (χ1) is 4.33. The van der Waals surface area contributed by atoms with E-state index in [1.54, 1.807) is 13.2 Å². The number of rotatable bonds is 1. The quantitative estimate of drug-likeness (QED) is 0.590. The van der Waals surface area contributed by atoms with E-state index in [2.05, 4.69) is 15.3 Å². The van der Waals surface area contributed by atoms with Gasteiger partial charge in [-0.1, -0.05) is 0 Å². The van der Waals surface area contributed by atoms with Crippen molar-refractivity contribution in [3.63, 3.8) is 0 Å². The van der Waals surface area contributed by atoms with E-state index in [-0.39, 0.29) is 0 Å². The Labute approximate surface area is 54.2 Å². The number of hydrogen-bond donors (Lipinski definition) is 1. The van der Waals surface area contributed by atoms with Crippen LogP contribution < -0.4 is 5.32 Å². The highest BCUT2D eigenvalue weighted by Crippen LogP contribution is 1.97. The van der Waals surface area contributed by atoms with E-state index in [0.717, 1.165) is 0 Å². The molecule has 0 amide bonds. The average Bonchev–Trinajstić information content (AvgIpc) is 1.88. The van der Waals surface area contributed by atoms with Gasteiger partial charge < -0.3 is 5.32 Å². The van der Waals surface area contributed by atoms with Gasteiger partial charge in [-0.3, -0.25) is 4.98 Å². The minimum absolute atomic E-state index is 0.432. The topological polar surface area (TPSA) is 37.8 Å². The van der Waals surface area contributed by atoms with Crippen molar-refractivity contribution in [2.75, 3.05) is 12.4 Å². The van der Waals surface area contributed by atoms with Gasteiger partial charge in [-0.2, -0.15) is 0 Å². The molecule has 1 aromatic rings. The van der Waals surface area contributed by atoms with E-state index < -0.39 is 0 Å². The molecule has 0 saturated heterocycles. The van der Waals surface area contributed by atoms with Gasteiger partial charge in [0.15, 0.2) is 0 Å². The zero-order valence-electron chi connectivity index (χ0n) is 5.13. The summed E-state index contributed by atoms with van der Waals surface area (Å²) in [5.74, 6) is 0.690. The van der Waals surface area contributed by atoms with Crippen LogP contribution in [0.2, 0.25) is 0 Å². The average molecular weight is 121 g/mol. The minimum atomic E-state index is 0.432. The van der Waals surface area contributed by atoms with Crippen molar-refractivity contribution < 1.29 is 0 Å². The van der Waals surface area contributed by atoms with E-state index in [0.29, 0.717) is 11.5 Å². The number of nitrogens with one attached hydrogen (secondary N) is 1. The molecule has 0 aromatic carbocycles. The van der Waals surface area contributed by atoms with Gasteiger partial charge in [-0.25, -0.2) is 4.98 Å². The monoisotopic (exact) mass is 121 g/mol. The van der Waals surface area contributed by atoms with Crippen molar-refractivity contribution in [1.82, 2.24) is 9.97 Å². The van der Waals surface area contributed by atoms with Crippen LogP contribution in [0.25, 0.3) is 0 Å². The zero-order chi connectivity index (χ0) is 6.69. The molecule has 0 bridgehead atoms. The second-order valence-electron chi connectivity index (χ2n) is 1.58. The molecule has 0 fully saturated rings. The van der Waals surface area contributed by atoms with E-state index in [1.165, 1.54) is 6.20 Å². The highest BCUT2D eigenvalue weighted by molar-refractivity contribution is 5.30. The fourth-order valence-electron chi connectivity index (χ4n) is 0.502. The van der Waals surface area contributed by atoms with Crippen molar-refractivity contribution in [2.45, 2.75) is 0 Å². The van der Waals surface area contributed by atoms with Gasteiger partial charge in [0.05, 0.1) is 11.9 Å². The molecule has 0 aliphatic carbocycles. The lowest BCUT2D eigenvalue weighted by atomic mass is 10.5. The summed E-state index contributed by atoms with van der Waals surface area (Å²) in [7, 11) is 1.77. The third kappa shape index (κ3) is 1.38. The Kier molecular flexibility index (Phi) is 1.63. The summed E-state index contributed by atoms with van der Waals surface area (Å²) in [6.07, 6.45) is 3.11. The first-order valence-corrected chi connectivity index (χ1v) is 2.58. The highest BCUT2D eigenvalue weighted by atomic mass is 15.0. The molecule has 46 valence electrons. The molecule has 1 N–H and O–H groups in total. The summed E-state index contributed by atoms with van der Waals surface area (Å²) in [5, 5.41) is 2.81. The Balaban J connectivity index is 2.94. The van der Waals surface area contributed by atoms with Crippen LogP contribution in [-0.2, 0) is 0 Å². The molecule has 3 heteroatoms. The first kappa shape index (κ1) is 6.01. The fourth-order valence-corrected chi connectivity index (χ4v) is 0.502. The van der Waals surface area contributed by atoms with E-state index >= 15 is 0 Å². The molecule has 2 radical (unpaired) electrons. The lowest BCUT2D eigenvalue weighted by molar-refractivity contribution is 1.15. The van der Waals surface area contributed by atoms with Crippen LogP contribution >= 0.6 is 0 Å². The Bertz CT molecular complexity index is 197. The summed E-state index contributed by atoms with van der Waals surface area (Å²) in [5.41, 5.74) is 0.432. The standard InChI is InChI=1S/C6H7N3/c1-5-3-8-4-6(7-2)9-5/h1,3-4H,2H3,(H,7,9). The summed E-state index contributed by atoms with van der Waals surface area (Å²) < 4.78 is 0. The Hall–Kier alpha value is -1.12. The highest BCUT2D eigenvalue weighted by Gasteiger charge is 1.88. The maximum atomic E-state index is 5.32. The maximum absolute atomic E-state index is 5.32. The molecule has 1 rings (SSSR count). The normalized spacial score (nSPS) is 9.11. The molecule has 1 heterocycles. The SMILES string of the molecule is [CH]c1cncc(NC)n1. The molecule has 0 aliphatic rings. The molecular weight excluding hydrogens is 114 g/mol. The third-order valence-corrected chi connectivity index (χ3v) is 0.909. The predicted octanol–water partition coefficient (Wildman–Crippen LogP) is 0.577. The van der Waals surface area contributed by atoms with Crippen LogP contribution in [-0.4, -0.2) is 17.0 Å². The second kappa shape index (κ2) is 2.44. The molecule has 0 spiro atoms. The van der Waals surface area contributed by atoms with Gasteiger partial charge in [-0.15, -0.1) is 0 Å². The van der Waals surface area contributed by atoms with Crippen LogP contribution in [0.15, 0.2) is 12.4 Å². The lowest BCUT2D eigenvalue weighted by Crippen LogP contribution is -1.93. The van der Waals surface area contributed by atoms with Crippen molar-refractivity contribution in [1.29, 1.82) is 0 Å². The summed E-state index contributed by atoms with van der Waals surface area (Å²) in [4.78, 5) is 7.70. The van der Waals surface area contributed by atoms with E-state index in [9.17, 15) is 0 Å². The number of nitrogens with zero attached hydrogens (tertiary/aromatic N) is 2. The lowest BCUT2D eigenvalue weighted by Gasteiger charge is -1.96. The van der Waals surface area contributed by atoms with Crippen LogP contribution in [0.5, 0.6) is 0 Å². The molecular formula is C6H7N3. The molecule has 0 aliphatic heterocycles. The van der Waals surface area contributed by atoms with E-state index in [4.69, 9.17) is 6.92 Å². The Morgan fingerprint density at radius 3 is 2.78 bits per heavy atom. The van der Waals surface area contributed by atoms with E-state index in [1.807, 2.05) is 0 Å². The van der Waals surface area contributed by atoms with Crippen molar-refractivity contribution in [3.8, 4) is 0 Å². The Morgan fingerprint density at radius 1 is 1.56 bits per heavy atom. The molecule has 3 nitrogen and oxygen atoms in total. The molecule has 9 heavy (non-hydrogen) atoms. The van der Waals surface area contributed by atoms with Crippen LogP contribution in [0.3, 0.4) is 0 Å². The van der Waals surface area contributed by atoms with Gasteiger partial charge in [0.25, 0.3) is 0 Å². The molecule has 0 unspecified atom stereocenters. The fraction of sp³-hybridized carbons (Fsp3) is 0.167. The van der Waals surface area contributed by atoms with Crippen molar-refractivity contribution >= 4 is 5.82 Å². The van der Waals surface area contributed by atoms with Crippen LogP contribution in [0.1, 0.15) is 5.69 Å². The zero-order valence-corrected chi connectivity index (χ0v) is 5.13. The molecule has 0 atom stereocenters. The van der Waals surface area contributed by atoms with Crippen molar-refractivity contribution in [3.05, 3.63) is 25.0 Å². The predicted molar refractivity (Wildman–Crippen MR) is 35.0 cm³/mol. The van der Waals surface area contributed by atoms with Gasteiger partial charge >= 0.3 is 0 Å². The van der Waals surface area contributed by atoms with Crippen molar-refractivity contribution in [2.24, 2.45) is 0 Å². The summed E-state index contributed by atoms with van der Waals surface area (Å²) in [6, 6.07) is 0. The smallest absolute Gasteiger partial charge is 0.144 e. The largest absolute Gasteiger partial charge is 0.372 e. The van der Waals surface area contributed by atoms with Gasteiger partial charge in [0.2, 0.25) is 0 Å². The van der Waals surface area contributed by atoms with Crippen LogP contribution in [0.4, 0.5) is 5.82 Å². The number of anilines is 1. The summed E-state index contributed by atoms with van der Waals surface area (Å²) >= 11 is 0. The molecule has 1 aromatic heterocycles. The maximum Gasteiger partial charge on any atom is 0.144 e. The van der Waals surface area contributed by atoms with Gasteiger partial charge in [0.1, 0.15) is 5.82 Å². The van der Waals surface area contributed by atoms with Gasteiger partial charge in [0, 0.05) is 20.2 Å². The molecule has 0 saturated carbocycles. The van der Waals surface area contributed by atoms with Gasteiger partial charge in [-0.05, 0) is 0 Å². The number of aromatic nitrogens is 2. The summed E-state index contributed by atoms with van der Waals surface area (Å²) in [6.45, 7) is 5.32. The Morgan fingerprint density at radius 2 is 2.33 bits per heavy atom.